The van der Waals surface area contributed by atoms with Gasteiger partial charge in [0.05, 0.1) is 44.3 Å². The van der Waals surface area contributed by atoms with Crippen LogP contribution in [0.3, 0.4) is 0 Å². The van der Waals surface area contributed by atoms with E-state index in [0.29, 0.717) is 30.6 Å². The molecule has 0 saturated carbocycles. The topological polar surface area (TPSA) is 208 Å². The Morgan fingerprint density at radius 2 is 0.979 bits per heavy atom. The van der Waals surface area contributed by atoms with Crippen molar-refractivity contribution in [1.29, 1.82) is 10.5 Å². The number of aromatic carboxylic acids is 2. The van der Waals surface area contributed by atoms with E-state index in [4.69, 9.17) is 0 Å². The molecule has 2 N–H and O–H groups in total. The summed E-state index contributed by atoms with van der Waals surface area (Å²) < 4.78 is 0. The summed E-state index contributed by atoms with van der Waals surface area (Å²) in [6, 6.07) is 24.1. The van der Waals surface area contributed by atoms with E-state index in [9.17, 15) is 50.6 Å². The normalized spacial score (nSPS) is 11.4. The van der Waals surface area contributed by atoms with Gasteiger partial charge in [-0.15, -0.1) is 22.7 Å². The van der Waals surface area contributed by atoms with E-state index in [-0.39, 0.29) is 44.8 Å². The first-order chi connectivity index (χ1) is 23.0. The summed E-state index contributed by atoms with van der Waals surface area (Å²) in [4.78, 5) is 47.7. The smallest absolute Gasteiger partial charge is 0.336 e. The number of allylic oxidation sites excluding steroid dienone is 2. The Hall–Kier alpha value is -6.74. The zero-order valence-electron chi connectivity index (χ0n) is 24.2. The summed E-state index contributed by atoms with van der Waals surface area (Å²) in [6.07, 6.45) is 3.10. The van der Waals surface area contributed by atoms with E-state index < -0.39 is 21.8 Å². The molecule has 0 aliphatic heterocycles. The van der Waals surface area contributed by atoms with Crippen LogP contribution in [0.1, 0.15) is 41.6 Å². The van der Waals surface area contributed by atoms with Gasteiger partial charge in [0.25, 0.3) is 11.4 Å². The summed E-state index contributed by atoms with van der Waals surface area (Å²) in [5, 5.41) is 61.6. The maximum Gasteiger partial charge on any atom is 0.336 e. The average molecular weight is 675 g/mol. The SMILES string of the molecule is N#C/C(=C\c1ccc(-c2cc(C(=O)O)c(-c3ccc(/C=C(\C#N)c4ccc([N+](=O)[O-])cc4)s3)cc2C(=O)O)s1)c1ccc([N+](=O)[O-])cc1. The lowest BCUT2D eigenvalue weighted by molar-refractivity contribution is -0.385. The Morgan fingerprint density at radius 3 is 1.27 bits per heavy atom. The van der Waals surface area contributed by atoms with Crippen LogP contribution in [0.2, 0.25) is 0 Å². The van der Waals surface area contributed by atoms with Gasteiger partial charge < -0.3 is 10.2 Å². The Kier molecular flexibility index (Phi) is 9.33. The molecule has 3 aromatic carbocycles. The van der Waals surface area contributed by atoms with Gasteiger partial charge in [0, 0.05) is 54.9 Å². The number of nitriles is 2. The second kappa shape index (κ2) is 13.7. The number of thiophene rings is 2. The number of carboxylic acid groups (broad SMARTS) is 2. The van der Waals surface area contributed by atoms with E-state index in [1.54, 1.807) is 36.4 Å². The first-order valence-electron chi connectivity index (χ1n) is 13.6. The van der Waals surface area contributed by atoms with Crippen molar-refractivity contribution < 1.29 is 29.6 Å². The van der Waals surface area contributed by atoms with Crippen molar-refractivity contribution in [1.82, 2.24) is 0 Å². The van der Waals surface area contributed by atoms with Crippen LogP contribution in [0.25, 0.3) is 44.2 Å². The third-order valence-corrected chi connectivity index (χ3v) is 9.13. The lowest BCUT2D eigenvalue weighted by atomic mass is 9.96. The van der Waals surface area contributed by atoms with Crippen LogP contribution in [0, 0.1) is 42.9 Å². The van der Waals surface area contributed by atoms with Crippen LogP contribution in [0.4, 0.5) is 11.4 Å². The Morgan fingerprint density at radius 1 is 0.625 bits per heavy atom. The molecule has 0 fully saturated rings. The monoisotopic (exact) mass is 674 g/mol. The fourth-order valence-corrected chi connectivity index (χ4v) is 6.65. The van der Waals surface area contributed by atoms with Gasteiger partial charge >= 0.3 is 11.9 Å². The largest absolute Gasteiger partial charge is 0.478 e. The molecule has 48 heavy (non-hydrogen) atoms. The molecule has 0 spiro atoms. The molecule has 234 valence electrons. The zero-order valence-corrected chi connectivity index (χ0v) is 25.8. The Balaban J connectivity index is 1.51. The maximum atomic E-state index is 12.4. The minimum absolute atomic E-state index is 0.127. The van der Waals surface area contributed by atoms with Crippen molar-refractivity contribution in [3.63, 3.8) is 0 Å². The van der Waals surface area contributed by atoms with Crippen molar-refractivity contribution in [2.75, 3.05) is 0 Å². The van der Waals surface area contributed by atoms with E-state index in [1.807, 2.05) is 0 Å². The molecule has 5 rings (SSSR count). The number of rotatable bonds is 10. The van der Waals surface area contributed by atoms with E-state index in [0.717, 1.165) is 22.7 Å². The van der Waals surface area contributed by atoms with Crippen LogP contribution in [0.5, 0.6) is 0 Å². The highest BCUT2D eigenvalue weighted by Gasteiger charge is 2.22. The summed E-state index contributed by atoms with van der Waals surface area (Å²) in [5.41, 5.74) is 1.07. The van der Waals surface area contributed by atoms with Crippen molar-refractivity contribution in [3.05, 3.63) is 137 Å². The summed E-state index contributed by atoms with van der Waals surface area (Å²) >= 11 is 2.27. The van der Waals surface area contributed by atoms with Gasteiger partial charge in [0.1, 0.15) is 0 Å². The van der Waals surface area contributed by atoms with Crippen LogP contribution in [-0.4, -0.2) is 32.0 Å². The lowest BCUT2D eigenvalue weighted by Crippen LogP contribution is -2.05. The minimum atomic E-state index is -1.29. The quantitative estimate of drug-likeness (QED) is 0.0819. The summed E-state index contributed by atoms with van der Waals surface area (Å²) in [6.45, 7) is 0. The highest BCUT2D eigenvalue weighted by Crippen LogP contribution is 2.39. The molecule has 2 heterocycles. The molecule has 5 aromatic rings. The molecular formula is C34H18N4O8S2. The van der Waals surface area contributed by atoms with E-state index in [2.05, 4.69) is 12.1 Å². The first-order valence-corrected chi connectivity index (χ1v) is 15.2. The summed E-state index contributed by atoms with van der Waals surface area (Å²) in [5.74, 6) is -2.59. The van der Waals surface area contributed by atoms with Gasteiger partial charge in [-0.3, -0.25) is 20.2 Å². The zero-order chi connectivity index (χ0) is 34.5. The molecule has 0 amide bonds. The van der Waals surface area contributed by atoms with Gasteiger partial charge in [0.2, 0.25) is 0 Å². The molecule has 0 bridgehead atoms. The first kappa shape index (κ1) is 32.6. The highest BCUT2D eigenvalue weighted by molar-refractivity contribution is 7.16. The molecule has 0 atom stereocenters. The number of nitro benzene ring substituents is 2. The van der Waals surface area contributed by atoms with E-state index >= 15 is 0 Å². The van der Waals surface area contributed by atoms with Crippen molar-refractivity contribution in [2.24, 2.45) is 0 Å². The summed E-state index contributed by atoms with van der Waals surface area (Å²) in [7, 11) is 0. The standard InChI is InChI=1S/C34H18N4O8S2/c35-17-21(19-1-5-23(6-2-19)37(43)44)13-25-9-11-31(47-25)27-15-30(34(41)42)28(16-29(27)33(39)40)32-12-10-26(48-32)14-22(18-36)20-3-7-24(8-4-20)38(45)46/h1-16H,(H,39,40)(H,41,42)/b21-13+,22-14+. The number of carbonyl (C=O) groups is 2. The molecule has 0 unspecified atom stereocenters. The molecular weight excluding hydrogens is 657 g/mol. The van der Waals surface area contributed by atoms with Crippen molar-refractivity contribution in [2.45, 2.75) is 0 Å². The fraction of sp³-hybridized carbons (Fsp3) is 0. The lowest BCUT2D eigenvalue weighted by Gasteiger charge is -2.11. The van der Waals surface area contributed by atoms with Gasteiger partial charge in [-0.2, -0.15) is 10.5 Å². The number of hydrogen-bond acceptors (Lipinski definition) is 10. The predicted octanol–water partition coefficient (Wildman–Crippen LogP) is 8.48. The van der Waals surface area contributed by atoms with Gasteiger partial charge in [-0.05, 0) is 83.9 Å². The van der Waals surface area contributed by atoms with Gasteiger partial charge in [-0.1, -0.05) is 0 Å². The number of nitro groups is 2. The van der Waals surface area contributed by atoms with Crippen molar-refractivity contribution >= 4 is 69.3 Å². The fourth-order valence-electron chi connectivity index (χ4n) is 4.68. The Labute approximate surface area is 278 Å². The number of non-ortho nitro benzene ring substituents is 2. The third kappa shape index (κ3) is 6.90. The predicted molar refractivity (Wildman–Crippen MR) is 180 cm³/mol. The minimum Gasteiger partial charge on any atom is -0.478 e. The second-order valence-electron chi connectivity index (χ2n) is 9.91. The third-order valence-electron chi connectivity index (χ3n) is 7.00. The molecule has 0 saturated heterocycles. The molecule has 2 aromatic heterocycles. The molecule has 0 radical (unpaired) electrons. The van der Waals surface area contributed by atoms with Crippen LogP contribution in [-0.2, 0) is 0 Å². The Bertz CT molecular complexity index is 2110. The van der Waals surface area contributed by atoms with E-state index in [1.165, 1.54) is 60.7 Å². The molecule has 0 aliphatic carbocycles. The van der Waals surface area contributed by atoms with Gasteiger partial charge in [0.15, 0.2) is 0 Å². The average Bonchev–Trinajstić information content (AvgIpc) is 3.75. The molecule has 14 heteroatoms. The molecule has 12 nitrogen and oxygen atoms in total. The highest BCUT2D eigenvalue weighted by atomic mass is 32.1. The second-order valence-corrected chi connectivity index (χ2v) is 12.1. The maximum absolute atomic E-state index is 12.4. The molecule has 0 aliphatic rings. The van der Waals surface area contributed by atoms with Crippen LogP contribution >= 0.6 is 22.7 Å². The van der Waals surface area contributed by atoms with Crippen molar-refractivity contribution in [3.8, 4) is 33.0 Å². The van der Waals surface area contributed by atoms with Crippen LogP contribution < -0.4 is 0 Å². The number of nitrogens with zero attached hydrogens (tertiary/aromatic N) is 4. The number of hydrogen-bond donors (Lipinski definition) is 2. The number of carboxylic acids is 2. The van der Waals surface area contributed by atoms with Crippen LogP contribution in [0.15, 0.2) is 84.9 Å². The van der Waals surface area contributed by atoms with Gasteiger partial charge in [-0.25, -0.2) is 9.59 Å². The number of benzene rings is 3.